The second kappa shape index (κ2) is 4.16. The van der Waals surface area contributed by atoms with Crippen LogP contribution in [0.2, 0.25) is 0 Å². The standard InChI is InChI=1S/C10H14N2O3/c1-10(2,3)15-9(14)12-8-5-4-7(13)6-11-8/h4-6,13H,1-3H3,(H,11,12,14). The summed E-state index contributed by atoms with van der Waals surface area (Å²) in [6.07, 6.45) is 0.674. The lowest BCUT2D eigenvalue weighted by atomic mass is 10.2. The fourth-order valence-corrected chi connectivity index (χ4v) is 0.868. The summed E-state index contributed by atoms with van der Waals surface area (Å²) < 4.78 is 5.02. The minimum atomic E-state index is -0.569. The molecule has 2 N–H and O–H groups in total. The zero-order chi connectivity index (χ0) is 11.5. The van der Waals surface area contributed by atoms with Gasteiger partial charge in [0.25, 0.3) is 0 Å². The minimum absolute atomic E-state index is 0.0461. The van der Waals surface area contributed by atoms with Gasteiger partial charge in [-0.25, -0.2) is 9.78 Å². The molecule has 1 heterocycles. The first-order chi connectivity index (χ1) is 6.87. The van der Waals surface area contributed by atoms with Crippen molar-refractivity contribution in [1.29, 1.82) is 0 Å². The molecule has 1 aromatic rings. The van der Waals surface area contributed by atoms with Crippen LogP contribution in [-0.4, -0.2) is 21.8 Å². The normalized spacial score (nSPS) is 10.9. The number of hydrogen-bond donors (Lipinski definition) is 2. The van der Waals surface area contributed by atoms with E-state index in [-0.39, 0.29) is 5.75 Å². The first-order valence-corrected chi connectivity index (χ1v) is 4.52. The molecule has 82 valence electrons. The molecule has 0 fully saturated rings. The third-order valence-electron chi connectivity index (χ3n) is 1.38. The fourth-order valence-electron chi connectivity index (χ4n) is 0.868. The zero-order valence-corrected chi connectivity index (χ0v) is 8.94. The Bertz CT molecular complexity index is 341. The molecule has 1 rings (SSSR count). The average Bonchev–Trinajstić information content (AvgIpc) is 2.05. The molecule has 0 bridgehead atoms. The number of hydrogen-bond acceptors (Lipinski definition) is 4. The van der Waals surface area contributed by atoms with E-state index < -0.39 is 11.7 Å². The van der Waals surface area contributed by atoms with Crippen molar-refractivity contribution in [2.24, 2.45) is 0 Å². The van der Waals surface area contributed by atoms with E-state index in [0.29, 0.717) is 5.82 Å². The highest BCUT2D eigenvalue weighted by molar-refractivity contribution is 5.83. The molecule has 0 aromatic carbocycles. The van der Waals surface area contributed by atoms with E-state index in [1.54, 1.807) is 20.8 Å². The van der Waals surface area contributed by atoms with Gasteiger partial charge in [0, 0.05) is 0 Å². The SMILES string of the molecule is CC(C)(C)OC(=O)Nc1ccc(O)cn1. The highest BCUT2D eigenvalue weighted by Gasteiger charge is 2.16. The number of nitrogens with one attached hydrogen (secondary N) is 1. The van der Waals surface area contributed by atoms with E-state index in [2.05, 4.69) is 10.3 Å². The number of aromatic nitrogens is 1. The monoisotopic (exact) mass is 210 g/mol. The first-order valence-electron chi connectivity index (χ1n) is 4.52. The van der Waals surface area contributed by atoms with Crippen LogP contribution in [0.15, 0.2) is 18.3 Å². The maximum atomic E-state index is 11.3. The second-order valence-corrected chi connectivity index (χ2v) is 4.03. The fraction of sp³-hybridized carbons (Fsp3) is 0.400. The molecular formula is C10H14N2O3. The van der Waals surface area contributed by atoms with Gasteiger partial charge in [-0.15, -0.1) is 0 Å². The summed E-state index contributed by atoms with van der Waals surface area (Å²) in [5.74, 6) is 0.381. The molecule has 5 nitrogen and oxygen atoms in total. The molecule has 5 heteroatoms. The van der Waals surface area contributed by atoms with Gasteiger partial charge >= 0.3 is 6.09 Å². The van der Waals surface area contributed by atoms with Crippen LogP contribution >= 0.6 is 0 Å². The van der Waals surface area contributed by atoms with Crippen molar-refractivity contribution in [2.75, 3.05) is 5.32 Å². The Morgan fingerprint density at radius 1 is 1.47 bits per heavy atom. The van der Waals surface area contributed by atoms with Crippen molar-refractivity contribution in [3.63, 3.8) is 0 Å². The van der Waals surface area contributed by atoms with Crippen LogP contribution in [-0.2, 0) is 4.74 Å². The lowest BCUT2D eigenvalue weighted by Gasteiger charge is -2.19. The highest BCUT2D eigenvalue weighted by atomic mass is 16.6. The van der Waals surface area contributed by atoms with Crippen molar-refractivity contribution in [3.05, 3.63) is 18.3 Å². The van der Waals surface area contributed by atoms with Crippen LogP contribution in [0.25, 0.3) is 0 Å². The number of anilines is 1. The van der Waals surface area contributed by atoms with Crippen LogP contribution in [0.1, 0.15) is 20.8 Å². The van der Waals surface area contributed by atoms with Gasteiger partial charge in [-0.05, 0) is 32.9 Å². The number of amides is 1. The number of rotatable bonds is 1. The van der Waals surface area contributed by atoms with E-state index >= 15 is 0 Å². The summed E-state index contributed by atoms with van der Waals surface area (Å²) in [6.45, 7) is 5.32. The van der Waals surface area contributed by atoms with Gasteiger partial charge in [-0.1, -0.05) is 0 Å². The van der Waals surface area contributed by atoms with Gasteiger partial charge in [-0.3, -0.25) is 5.32 Å². The summed E-state index contributed by atoms with van der Waals surface area (Å²) in [5.41, 5.74) is -0.541. The van der Waals surface area contributed by atoms with Gasteiger partial charge in [0.05, 0.1) is 6.20 Å². The minimum Gasteiger partial charge on any atom is -0.506 e. The predicted octanol–water partition coefficient (Wildman–Crippen LogP) is 2.13. The number of ether oxygens (including phenoxy) is 1. The smallest absolute Gasteiger partial charge is 0.413 e. The Labute approximate surface area is 88.1 Å². The van der Waals surface area contributed by atoms with Gasteiger partial charge in [0.1, 0.15) is 17.2 Å². The van der Waals surface area contributed by atoms with Crippen molar-refractivity contribution in [1.82, 2.24) is 4.98 Å². The molecule has 0 atom stereocenters. The third-order valence-corrected chi connectivity index (χ3v) is 1.38. The molecule has 0 aliphatic carbocycles. The largest absolute Gasteiger partial charge is 0.506 e. The second-order valence-electron chi connectivity index (χ2n) is 4.03. The van der Waals surface area contributed by atoms with Crippen molar-refractivity contribution >= 4 is 11.9 Å². The Balaban J connectivity index is 2.55. The van der Waals surface area contributed by atoms with Crippen molar-refractivity contribution in [3.8, 4) is 5.75 Å². The summed E-state index contributed by atoms with van der Waals surface area (Å²) in [7, 11) is 0. The van der Waals surface area contributed by atoms with Crippen LogP contribution in [0.5, 0.6) is 5.75 Å². The first kappa shape index (κ1) is 11.3. The van der Waals surface area contributed by atoms with Gasteiger partial charge in [0.15, 0.2) is 0 Å². The maximum Gasteiger partial charge on any atom is 0.413 e. The quantitative estimate of drug-likeness (QED) is 0.744. The van der Waals surface area contributed by atoms with E-state index in [1.807, 2.05) is 0 Å². The van der Waals surface area contributed by atoms with Crippen molar-refractivity contribution in [2.45, 2.75) is 26.4 Å². The Kier molecular flexibility index (Phi) is 3.14. The van der Waals surface area contributed by atoms with E-state index in [9.17, 15) is 4.79 Å². The Morgan fingerprint density at radius 3 is 2.60 bits per heavy atom. The third kappa shape index (κ3) is 4.30. The Morgan fingerprint density at radius 2 is 2.13 bits per heavy atom. The number of nitrogens with zero attached hydrogens (tertiary/aromatic N) is 1. The van der Waals surface area contributed by atoms with Crippen LogP contribution in [0.4, 0.5) is 10.6 Å². The lowest BCUT2D eigenvalue weighted by molar-refractivity contribution is 0.0635. The molecule has 0 aliphatic rings. The summed E-state index contributed by atoms with van der Waals surface area (Å²) in [6, 6.07) is 2.92. The predicted molar refractivity (Wildman–Crippen MR) is 55.8 cm³/mol. The number of pyridine rings is 1. The van der Waals surface area contributed by atoms with Gasteiger partial charge in [-0.2, -0.15) is 0 Å². The Hall–Kier alpha value is -1.78. The molecule has 1 aromatic heterocycles. The molecule has 0 radical (unpaired) electrons. The summed E-state index contributed by atoms with van der Waals surface area (Å²) in [5, 5.41) is 11.4. The van der Waals surface area contributed by atoms with E-state index in [1.165, 1.54) is 18.3 Å². The van der Waals surface area contributed by atoms with Crippen LogP contribution < -0.4 is 5.32 Å². The molecule has 1 amide bonds. The molecule has 0 saturated carbocycles. The summed E-state index contributed by atoms with van der Waals surface area (Å²) >= 11 is 0. The molecule has 15 heavy (non-hydrogen) atoms. The van der Waals surface area contributed by atoms with Gasteiger partial charge < -0.3 is 9.84 Å². The number of aromatic hydroxyl groups is 1. The molecule has 0 spiro atoms. The van der Waals surface area contributed by atoms with Gasteiger partial charge in [0.2, 0.25) is 0 Å². The summed E-state index contributed by atoms with van der Waals surface area (Å²) in [4.78, 5) is 15.1. The molecule has 0 aliphatic heterocycles. The average molecular weight is 210 g/mol. The maximum absolute atomic E-state index is 11.3. The van der Waals surface area contributed by atoms with Crippen LogP contribution in [0.3, 0.4) is 0 Å². The van der Waals surface area contributed by atoms with E-state index in [0.717, 1.165) is 0 Å². The van der Waals surface area contributed by atoms with E-state index in [4.69, 9.17) is 9.84 Å². The highest BCUT2D eigenvalue weighted by Crippen LogP contribution is 2.12. The lowest BCUT2D eigenvalue weighted by Crippen LogP contribution is -2.27. The number of carbonyl (C=O) groups is 1. The zero-order valence-electron chi connectivity index (χ0n) is 8.94. The topological polar surface area (TPSA) is 71.5 Å². The molecule has 0 saturated heterocycles. The van der Waals surface area contributed by atoms with Crippen LogP contribution in [0, 0.1) is 0 Å². The molecule has 0 unspecified atom stereocenters. The number of carbonyl (C=O) groups excluding carboxylic acids is 1. The molecular weight excluding hydrogens is 196 g/mol. The van der Waals surface area contributed by atoms with Crippen molar-refractivity contribution < 1.29 is 14.6 Å².